The second-order valence-electron chi connectivity index (χ2n) is 4.64. The van der Waals surface area contributed by atoms with Gasteiger partial charge in [0.15, 0.2) is 0 Å². The molecule has 0 aromatic rings. The third-order valence-corrected chi connectivity index (χ3v) is 3.38. The molecule has 0 unspecified atom stereocenters. The van der Waals surface area contributed by atoms with Gasteiger partial charge in [-0.15, -0.1) is 0 Å². The zero-order valence-electron chi connectivity index (χ0n) is 10.7. The van der Waals surface area contributed by atoms with Crippen LogP contribution in [-0.4, -0.2) is 24.8 Å². The number of hydrogen-bond acceptors (Lipinski definition) is 3. The van der Waals surface area contributed by atoms with Crippen LogP contribution in [0.1, 0.15) is 46.5 Å². The minimum Gasteiger partial charge on any atom is -0.469 e. The normalized spacial score (nSPS) is 29.0. The number of rotatable bonds is 6. The lowest BCUT2D eigenvalue weighted by molar-refractivity contribution is -0.139. The van der Waals surface area contributed by atoms with E-state index in [2.05, 4.69) is 25.5 Å². The summed E-state index contributed by atoms with van der Waals surface area (Å²) in [6, 6.07) is 0. The minimum atomic E-state index is -0.180. The zero-order chi connectivity index (χ0) is 12.2. The van der Waals surface area contributed by atoms with E-state index in [0.717, 1.165) is 19.3 Å². The number of allylic oxidation sites excluding steroid dienone is 1. The van der Waals surface area contributed by atoms with Crippen LogP contribution in [0.5, 0.6) is 0 Å². The number of epoxide rings is 1. The Labute approximate surface area is 97.8 Å². The number of carbonyl (C=O) groups is 1. The zero-order valence-corrected chi connectivity index (χ0v) is 10.7. The van der Waals surface area contributed by atoms with Crippen molar-refractivity contribution in [3.05, 3.63) is 11.6 Å². The maximum atomic E-state index is 10.9. The monoisotopic (exact) mass is 226 g/mol. The Morgan fingerprint density at radius 2 is 2.25 bits per heavy atom. The largest absolute Gasteiger partial charge is 0.469 e. The molecular weight excluding hydrogens is 204 g/mol. The Balaban J connectivity index is 2.21. The average molecular weight is 226 g/mol. The van der Waals surface area contributed by atoms with E-state index in [1.165, 1.54) is 12.7 Å². The van der Waals surface area contributed by atoms with Gasteiger partial charge in [0.25, 0.3) is 0 Å². The lowest BCUT2D eigenvalue weighted by atomic mass is 9.99. The van der Waals surface area contributed by atoms with Crippen molar-refractivity contribution in [2.45, 2.75) is 58.2 Å². The van der Waals surface area contributed by atoms with Crippen molar-refractivity contribution in [2.24, 2.45) is 0 Å². The van der Waals surface area contributed by atoms with Gasteiger partial charge in [-0.3, -0.25) is 4.79 Å². The first-order valence-corrected chi connectivity index (χ1v) is 5.92. The fourth-order valence-corrected chi connectivity index (χ4v) is 1.77. The molecule has 0 saturated carbocycles. The summed E-state index contributed by atoms with van der Waals surface area (Å²) < 4.78 is 10.2. The van der Waals surface area contributed by atoms with Gasteiger partial charge in [0, 0.05) is 0 Å². The molecule has 0 spiro atoms. The van der Waals surface area contributed by atoms with E-state index in [0.29, 0.717) is 12.5 Å². The fourth-order valence-electron chi connectivity index (χ4n) is 1.77. The highest BCUT2D eigenvalue weighted by Crippen LogP contribution is 2.42. The van der Waals surface area contributed by atoms with Crippen molar-refractivity contribution in [1.82, 2.24) is 0 Å². The van der Waals surface area contributed by atoms with Crippen molar-refractivity contribution in [2.75, 3.05) is 7.11 Å². The van der Waals surface area contributed by atoms with E-state index in [1.54, 1.807) is 0 Å². The first-order valence-electron chi connectivity index (χ1n) is 5.92. The van der Waals surface area contributed by atoms with Gasteiger partial charge in [0.05, 0.1) is 25.2 Å². The Bertz CT molecular complexity index is 283. The van der Waals surface area contributed by atoms with E-state index in [9.17, 15) is 4.79 Å². The van der Waals surface area contributed by atoms with Crippen molar-refractivity contribution in [3.63, 3.8) is 0 Å². The predicted octanol–water partition coefficient (Wildman–Crippen LogP) is 2.84. The molecule has 1 aliphatic rings. The molecule has 1 aliphatic heterocycles. The van der Waals surface area contributed by atoms with Crippen LogP contribution < -0.4 is 0 Å². The SMILES string of the molecule is CC[C@@]1(C)O[C@H]1CC/C(C)=C/CC(=O)OC. The minimum absolute atomic E-state index is 0.114. The molecule has 0 amide bonds. The second kappa shape index (κ2) is 5.48. The van der Waals surface area contributed by atoms with E-state index >= 15 is 0 Å². The fraction of sp³-hybridized carbons (Fsp3) is 0.769. The summed E-state index contributed by atoms with van der Waals surface area (Å²) in [5.74, 6) is -0.180. The number of methoxy groups -OCH3 is 1. The molecule has 0 aromatic heterocycles. The summed E-state index contributed by atoms with van der Waals surface area (Å²) in [4.78, 5) is 10.9. The Morgan fingerprint density at radius 1 is 1.56 bits per heavy atom. The molecule has 1 rings (SSSR count). The van der Waals surface area contributed by atoms with Crippen LogP contribution in [-0.2, 0) is 14.3 Å². The quantitative estimate of drug-likeness (QED) is 0.397. The number of esters is 1. The van der Waals surface area contributed by atoms with E-state index in [4.69, 9.17) is 4.74 Å². The van der Waals surface area contributed by atoms with Crippen LogP contribution >= 0.6 is 0 Å². The van der Waals surface area contributed by atoms with Crippen LogP contribution in [0, 0.1) is 0 Å². The highest BCUT2D eigenvalue weighted by atomic mass is 16.6. The van der Waals surface area contributed by atoms with Gasteiger partial charge < -0.3 is 9.47 Å². The summed E-state index contributed by atoms with van der Waals surface area (Å²) in [6.45, 7) is 6.36. The molecule has 0 aliphatic carbocycles. The van der Waals surface area contributed by atoms with Crippen LogP contribution in [0.25, 0.3) is 0 Å². The molecule has 92 valence electrons. The van der Waals surface area contributed by atoms with E-state index in [-0.39, 0.29) is 11.6 Å². The molecule has 2 atom stereocenters. The molecule has 3 heteroatoms. The van der Waals surface area contributed by atoms with E-state index in [1.807, 2.05) is 6.08 Å². The van der Waals surface area contributed by atoms with Crippen LogP contribution in [0.3, 0.4) is 0 Å². The van der Waals surface area contributed by atoms with Crippen molar-refractivity contribution < 1.29 is 14.3 Å². The number of hydrogen-bond donors (Lipinski definition) is 0. The summed E-state index contributed by atoms with van der Waals surface area (Å²) >= 11 is 0. The van der Waals surface area contributed by atoms with Crippen LogP contribution in [0.15, 0.2) is 11.6 Å². The van der Waals surface area contributed by atoms with Gasteiger partial charge in [-0.2, -0.15) is 0 Å². The molecule has 1 fully saturated rings. The topological polar surface area (TPSA) is 38.8 Å². The molecule has 1 saturated heterocycles. The molecule has 0 aromatic carbocycles. The van der Waals surface area contributed by atoms with Gasteiger partial charge >= 0.3 is 5.97 Å². The predicted molar refractivity (Wildman–Crippen MR) is 63.2 cm³/mol. The van der Waals surface area contributed by atoms with Gasteiger partial charge in [-0.05, 0) is 33.1 Å². The smallest absolute Gasteiger partial charge is 0.309 e. The Kier molecular flexibility index (Phi) is 4.54. The maximum Gasteiger partial charge on any atom is 0.309 e. The standard InChI is InChI=1S/C13H22O3/c1-5-13(3)11(16-13)8-6-10(2)7-9-12(14)15-4/h7,11H,5-6,8-9H2,1-4H3/b10-7+/t11-,13+/m0/s1. The molecule has 3 nitrogen and oxygen atoms in total. The Morgan fingerprint density at radius 3 is 2.75 bits per heavy atom. The summed E-state index contributed by atoms with van der Waals surface area (Å²) in [5.41, 5.74) is 1.35. The molecule has 0 bridgehead atoms. The van der Waals surface area contributed by atoms with Gasteiger partial charge in [-0.25, -0.2) is 0 Å². The lowest BCUT2D eigenvalue weighted by Crippen LogP contribution is -2.07. The average Bonchev–Trinajstić information content (AvgIpc) is 2.95. The van der Waals surface area contributed by atoms with Gasteiger partial charge in [0.1, 0.15) is 0 Å². The van der Waals surface area contributed by atoms with Crippen LogP contribution in [0.4, 0.5) is 0 Å². The van der Waals surface area contributed by atoms with Crippen molar-refractivity contribution >= 4 is 5.97 Å². The molecule has 16 heavy (non-hydrogen) atoms. The second-order valence-corrected chi connectivity index (χ2v) is 4.64. The molecular formula is C13H22O3. The Hall–Kier alpha value is -0.830. The van der Waals surface area contributed by atoms with Crippen molar-refractivity contribution in [3.8, 4) is 0 Å². The molecule has 0 N–H and O–H groups in total. The molecule has 1 heterocycles. The van der Waals surface area contributed by atoms with Crippen LogP contribution in [0.2, 0.25) is 0 Å². The maximum absolute atomic E-state index is 10.9. The van der Waals surface area contributed by atoms with E-state index < -0.39 is 0 Å². The third-order valence-electron chi connectivity index (χ3n) is 3.38. The number of ether oxygens (including phenoxy) is 2. The third kappa shape index (κ3) is 3.63. The molecule has 0 radical (unpaired) electrons. The van der Waals surface area contributed by atoms with Gasteiger partial charge in [0.2, 0.25) is 0 Å². The lowest BCUT2D eigenvalue weighted by Gasteiger charge is -2.02. The van der Waals surface area contributed by atoms with Crippen molar-refractivity contribution in [1.29, 1.82) is 0 Å². The summed E-state index contributed by atoms with van der Waals surface area (Å²) in [7, 11) is 1.41. The first kappa shape index (κ1) is 13.2. The first-order chi connectivity index (χ1) is 7.51. The number of carbonyl (C=O) groups excluding carboxylic acids is 1. The summed E-state index contributed by atoms with van der Waals surface area (Å²) in [5, 5.41) is 0. The summed E-state index contributed by atoms with van der Waals surface area (Å²) in [6.07, 6.45) is 5.84. The van der Waals surface area contributed by atoms with Gasteiger partial charge in [-0.1, -0.05) is 18.6 Å². The highest BCUT2D eigenvalue weighted by molar-refractivity contribution is 5.71. The highest BCUT2D eigenvalue weighted by Gasteiger charge is 2.49.